The first-order valence-electron chi connectivity index (χ1n) is 5.50. The van der Waals surface area contributed by atoms with E-state index in [2.05, 4.69) is 19.6 Å². The second-order valence-electron chi connectivity index (χ2n) is 5.00. The van der Waals surface area contributed by atoms with Crippen LogP contribution < -0.4 is 0 Å². The molecule has 0 fully saturated rings. The second kappa shape index (κ2) is 6.77. The first kappa shape index (κ1) is 14.4. The summed E-state index contributed by atoms with van der Waals surface area (Å²) in [4.78, 5) is 21.9. The molecule has 88 valence electrons. The Labute approximate surface area is 93.2 Å². The van der Waals surface area contributed by atoms with Crippen molar-refractivity contribution in [3.63, 3.8) is 0 Å². The van der Waals surface area contributed by atoms with E-state index in [9.17, 15) is 9.59 Å². The Kier molecular flexibility index (Phi) is 6.48. The van der Waals surface area contributed by atoms with Crippen LogP contribution in [0.2, 0.25) is 25.7 Å². The van der Waals surface area contributed by atoms with Gasteiger partial charge in [-0.05, 0) is 19.4 Å². The van der Waals surface area contributed by atoms with Crippen LogP contribution in [-0.2, 0) is 14.3 Å². The van der Waals surface area contributed by atoms with Crippen LogP contribution >= 0.6 is 0 Å². The molecular formula is C11H22O3Si. The summed E-state index contributed by atoms with van der Waals surface area (Å²) in [5.74, 6) is -0.166. The van der Waals surface area contributed by atoms with Crippen LogP contribution in [0.1, 0.15) is 19.8 Å². The molecule has 0 radical (unpaired) electrons. The third kappa shape index (κ3) is 8.36. The topological polar surface area (TPSA) is 43.4 Å². The molecule has 0 aromatic heterocycles. The predicted molar refractivity (Wildman–Crippen MR) is 63.6 cm³/mol. The van der Waals surface area contributed by atoms with Crippen molar-refractivity contribution in [2.24, 2.45) is 5.92 Å². The first-order valence-corrected chi connectivity index (χ1v) is 9.20. The standard InChI is InChI=1S/C11H22O3Si/c1-5-14-11(13)7-6-10(8-12)9-15(2,3)4/h8,10H,5-7,9H2,1-4H3. The molecule has 0 aliphatic heterocycles. The number of carbonyl (C=O) groups excluding carboxylic acids is 2. The zero-order valence-electron chi connectivity index (χ0n) is 10.2. The summed E-state index contributed by atoms with van der Waals surface area (Å²) >= 11 is 0. The molecule has 0 bridgehead atoms. The van der Waals surface area contributed by atoms with Crippen LogP contribution in [0.15, 0.2) is 0 Å². The van der Waals surface area contributed by atoms with Crippen molar-refractivity contribution in [1.29, 1.82) is 0 Å². The summed E-state index contributed by atoms with van der Waals surface area (Å²) in [7, 11) is -1.22. The quantitative estimate of drug-likeness (QED) is 0.383. The molecule has 3 nitrogen and oxygen atoms in total. The Bertz CT molecular complexity index is 208. The molecule has 0 heterocycles. The third-order valence-electron chi connectivity index (χ3n) is 2.09. The van der Waals surface area contributed by atoms with Crippen molar-refractivity contribution in [2.45, 2.75) is 45.5 Å². The highest BCUT2D eigenvalue weighted by Crippen LogP contribution is 2.19. The summed E-state index contributed by atoms with van der Waals surface area (Å²) in [6, 6.07) is 0.954. The molecule has 0 aliphatic rings. The van der Waals surface area contributed by atoms with E-state index in [1.165, 1.54) is 0 Å². The average Bonchev–Trinajstić information content (AvgIpc) is 2.11. The lowest BCUT2D eigenvalue weighted by Gasteiger charge is -2.19. The molecule has 0 aromatic carbocycles. The minimum atomic E-state index is -1.22. The number of hydrogen-bond acceptors (Lipinski definition) is 3. The zero-order chi connectivity index (χ0) is 11.9. The maximum atomic E-state index is 11.1. The predicted octanol–water partition coefficient (Wildman–Crippen LogP) is 2.48. The Hall–Kier alpha value is -0.643. The van der Waals surface area contributed by atoms with E-state index < -0.39 is 8.07 Å². The molecule has 0 saturated heterocycles. The maximum absolute atomic E-state index is 11.1. The van der Waals surface area contributed by atoms with Crippen LogP contribution in [0, 0.1) is 5.92 Å². The summed E-state index contributed by atoms with van der Waals surface area (Å²) in [5.41, 5.74) is 0. The van der Waals surface area contributed by atoms with Gasteiger partial charge >= 0.3 is 5.97 Å². The van der Waals surface area contributed by atoms with Gasteiger partial charge in [0.2, 0.25) is 0 Å². The molecule has 15 heavy (non-hydrogen) atoms. The molecule has 0 aliphatic carbocycles. The monoisotopic (exact) mass is 230 g/mol. The van der Waals surface area contributed by atoms with Crippen molar-refractivity contribution in [3.05, 3.63) is 0 Å². The highest BCUT2D eigenvalue weighted by Gasteiger charge is 2.20. The Morgan fingerprint density at radius 1 is 1.40 bits per heavy atom. The number of carbonyl (C=O) groups is 2. The van der Waals surface area contributed by atoms with Crippen molar-refractivity contribution in [3.8, 4) is 0 Å². The van der Waals surface area contributed by atoms with Crippen molar-refractivity contribution < 1.29 is 14.3 Å². The van der Waals surface area contributed by atoms with Gasteiger partial charge in [-0.25, -0.2) is 0 Å². The highest BCUT2D eigenvalue weighted by molar-refractivity contribution is 6.76. The maximum Gasteiger partial charge on any atom is 0.305 e. The van der Waals surface area contributed by atoms with Gasteiger partial charge in [0.1, 0.15) is 6.29 Å². The molecule has 1 unspecified atom stereocenters. The fraction of sp³-hybridized carbons (Fsp3) is 0.818. The largest absolute Gasteiger partial charge is 0.466 e. The number of aldehydes is 1. The van der Waals surface area contributed by atoms with Crippen LogP contribution in [0.5, 0.6) is 0 Å². The van der Waals surface area contributed by atoms with Gasteiger partial charge in [0.05, 0.1) is 6.61 Å². The lowest BCUT2D eigenvalue weighted by atomic mass is 10.1. The SMILES string of the molecule is CCOC(=O)CCC(C=O)C[Si](C)(C)C. The molecule has 0 N–H and O–H groups in total. The number of hydrogen-bond donors (Lipinski definition) is 0. The molecule has 4 heteroatoms. The number of esters is 1. The fourth-order valence-electron chi connectivity index (χ4n) is 1.54. The van der Waals surface area contributed by atoms with E-state index in [0.29, 0.717) is 19.4 Å². The van der Waals surface area contributed by atoms with Crippen LogP contribution in [0.4, 0.5) is 0 Å². The zero-order valence-corrected chi connectivity index (χ0v) is 11.2. The van der Waals surface area contributed by atoms with Gasteiger partial charge in [-0.2, -0.15) is 0 Å². The molecular weight excluding hydrogens is 208 g/mol. The molecule has 0 saturated carbocycles. The van der Waals surface area contributed by atoms with Crippen LogP contribution in [0.25, 0.3) is 0 Å². The minimum Gasteiger partial charge on any atom is -0.466 e. The van der Waals surface area contributed by atoms with Gasteiger partial charge in [0.15, 0.2) is 0 Å². The van der Waals surface area contributed by atoms with E-state index in [-0.39, 0.29) is 11.9 Å². The van der Waals surface area contributed by atoms with Crippen LogP contribution in [0.3, 0.4) is 0 Å². The summed E-state index contributed by atoms with van der Waals surface area (Å²) in [6.07, 6.45) is 1.98. The lowest BCUT2D eigenvalue weighted by molar-refractivity contribution is -0.143. The van der Waals surface area contributed by atoms with E-state index >= 15 is 0 Å². The van der Waals surface area contributed by atoms with Gasteiger partial charge in [-0.3, -0.25) is 4.79 Å². The van der Waals surface area contributed by atoms with Crippen molar-refractivity contribution in [1.82, 2.24) is 0 Å². The second-order valence-corrected chi connectivity index (χ2v) is 10.5. The van der Waals surface area contributed by atoms with Gasteiger partial charge in [-0.15, -0.1) is 0 Å². The first-order chi connectivity index (χ1) is 6.89. The molecule has 0 spiro atoms. The summed E-state index contributed by atoms with van der Waals surface area (Å²) in [6.45, 7) is 8.89. The smallest absolute Gasteiger partial charge is 0.305 e. The minimum absolute atomic E-state index is 0.0288. The van der Waals surface area contributed by atoms with Crippen LogP contribution in [-0.4, -0.2) is 26.9 Å². The van der Waals surface area contributed by atoms with Gasteiger partial charge < -0.3 is 9.53 Å². The van der Waals surface area contributed by atoms with E-state index in [4.69, 9.17) is 4.74 Å². The molecule has 0 aromatic rings. The third-order valence-corrected chi connectivity index (χ3v) is 3.84. The normalized spacial score (nSPS) is 13.3. The molecule has 0 amide bonds. The highest BCUT2D eigenvalue weighted by atomic mass is 28.3. The Balaban J connectivity index is 3.90. The van der Waals surface area contributed by atoms with Gasteiger partial charge in [-0.1, -0.05) is 19.6 Å². The number of rotatable bonds is 7. The van der Waals surface area contributed by atoms with Gasteiger partial charge in [0, 0.05) is 20.4 Å². The summed E-state index contributed by atoms with van der Waals surface area (Å²) in [5, 5.41) is 0. The lowest BCUT2D eigenvalue weighted by Crippen LogP contribution is -2.25. The Morgan fingerprint density at radius 2 is 2.00 bits per heavy atom. The van der Waals surface area contributed by atoms with Gasteiger partial charge in [0.25, 0.3) is 0 Å². The fourth-order valence-corrected chi connectivity index (χ4v) is 3.41. The summed E-state index contributed by atoms with van der Waals surface area (Å²) < 4.78 is 4.82. The van der Waals surface area contributed by atoms with Crippen molar-refractivity contribution >= 4 is 20.3 Å². The average molecular weight is 230 g/mol. The Morgan fingerprint density at radius 3 is 2.40 bits per heavy atom. The molecule has 1 atom stereocenters. The van der Waals surface area contributed by atoms with E-state index in [1.54, 1.807) is 6.92 Å². The van der Waals surface area contributed by atoms with Crippen molar-refractivity contribution in [2.75, 3.05) is 6.61 Å². The molecule has 0 rings (SSSR count). The van der Waals surface area contributed by atoms with E-state index in [1.807, 2.05) is 0 Å². The number of ether oxygens (including phenoxy) is 1. The van der Waals surface area contributed by atoms with E-state index in [0.717, 1.165) is 12.3 Å².